The van der Waals surface area contributed by atoms with Gasteiger partial charge >= 0.3 is 0 Å². The van der Waals surface area contributed by atoms with Crippen molar-refractivity contribution in [3.05, 3.63) is 56.5 Å². The highest BCUT2D eigenvalue weighted by Gasteiger charge is 2.31. The number of hydrogen-bond acceptors (Lipinski definition) is 3. The number of hydrogen-bond donors (Lipinski definition) is 3. The van der Waals surface area contributed by atoms with Gasteiger partial charge in [0.15, 0.2) is 0 Å². The molecule has 0 atom stereocenters. The Morgan fingerprint density at radius 2 is 2.05 bits per heavy atom. The van der Waals surface area contributed by atoms with Crippen molar-refractivity contribution in [3.63, 3.8) is 0 Å². The number of nitrogens with one attached hydrogen (secondary N) is 2. The van der Waals surface area contributed by atoms with E-state index < -0.39 is 0 Å². The number of aromatic amines is 1. The van der Waals surface area contributed by atoms with Crippen molar-refractivity contribution in [1.29, 1.82) is 0 Å². The fourth-order valence-corrected chi connectivity index (χ4v) is 2.84. The molecule has 21 heavy (non-hydrogen) atoms. The Hall–Kier alpha value is -1.94. The Bertz CT molecular complexity index is 765. The number of halogens is 1. The Morgan fingerprint density at radius 1 is 1.29 bits per heavy atom. The molecule has 0 spiro atoms. The SMILES string of the molecule is CC1(C)CNc2cc(Cc3ccc(Cl)cc3O)c(=O)[nH]c21. The molecule has 2 aromatic rings. The van der Waals surface area contributed by atoms with Gasteiger partial charge in [0.05, 0.1) is 5.69 Å². The van der Waals surface area contributed by atoms with Gasteiger partial charge in [0.25, 0.3) is 5.56 Å². The van der Waals surface area contributed by atoms with E-state index in [0.717, 1.165) is 17.9 Å². The molecular weight excluding hydrogens is 288 g/mol. The van der Waals surface area contributed by atoms with E-state index >= 15 is 0 Å². The second-order valence-electron chi connectivity index (χ2n) is 6.10. The molecule has 0 aliphatic carbocycles. The van der Waals surface area contributed by atoms with E-state index in [-0.39, 0.29) is 16.7 Å². The molecule has 0 bridgehead atoms. The van der Waals surface area contributed by atoms with Gasteiger partial charge in [0, 0.05) is 34.7 Å². The minimum absolute atomic E-state index is 0.0740. The second-order valence-corrected chi connectivity index (χ2v) is 6.54. The lowest BCUT2D eigenvalue weighted by Gasteiger charge is -2.16. The Kier molecular flexibility index (Phi) is 3.21. The average Bonchev–Trinajstić information content (AvgIpc) is 2.69. The number of H-pyrrole nitrogens is 1. The lowest BCUT2D eigenvalue weighted by atomic mass is 9.91. The molecule has 110 valence electrons. The van der Waals surface area contributed by atoms with Gasteiger partial charge in [-0.05, 0) is 23.8 Å². The number of aromatic hydroxyl groups is 1. The summed E-state index contributed by atoms with van der Waals surface area (Å²) in [4.78, 5) is 15.2. The fraction of sp³-hybridized carbons (Fsp3) is 0.312. The van der Waals surface area contributed by atoms with Gasteiger partial charge in [-0.3, -0.25) is 4.79 Å². The quantitative estimate of drug-likeness (QED) is 0.799. The summed E-state index contributed by atoms with van der Waals surface area (Å²) < 4.78 is 0. The number of phenols is 1. The topological polar surface area (TPSA) is 65.1 Å². The van der Waals surface area contributed by atoms with Crippen LogP contribution in [0, 0.1) is 0 Å². The Morgan fingerprint density at radius 3 is 2.76 bits per heavy atom. The third-order valence-corrected chi connectivity index (χ3v) is 4.18. The highest BCUT2D eigenvalue weighted by Crippen LogP contribution is 2.34. The maximum atomic E-state index is 12.3. The molecule has 0 saturated carbocycles. The van der Waals surface area contributed by atoms with Crippen molar-refractivity contribution in [3.8, 4) is 5.75 Å². The maximum Gasteiger partial charge on any atom is 0.251 e. The number of phenolic OH excluding ortho intramolecular Hbond substituents is 1. The molecule has 4 nitrogen and oxygen atoms in total. The lowest BCUT2D eigenvalue weighted by molar-refractivity contribution is 0.469. The zero-order valence-electron chi connectivity index (χ0n) is 12.0. The Labute approximate surface area is 127 Å². The minimum atomic E-state index is -0.111. The van der Waals surface area contributed by atoms with E-state index in [2.05, 4.69) is 24.1 Å². The van der Waals surface area contributed by atoms with Crippen molar-refractivity contribution in [2.75, 3.05) is 11.9 Å². The summed E-state index contributed by atoms with van der Waals surface area (Å²) in [5.41, 5.74) is 3.02. The predicted octanol–water partition coefficient (Wildman–Crippen LogP) is 3.03. The van der Waals surface area contributed by atoms with Crippen LogP contribution in [0.5, 0.6) is 5.75 Å². The van der Waals surface area contributed by atoms with Crippen LogP contribution in [0.1, 0.15) is 30.7 Å². The van der Waals surface area contributed by atoms with E-state index in [1.165, 1.54) is 6.07 Å². The molecule has 1 aliphatic rings. The van der Waals surface area contributed by atoms with Gasteiger partial charge in [0.2, 0.25) is 0 Å². The summed E-state index contributed by atoms with van der Waals surface area (Å²) in [6, 6.07) is 6.80. The van der Waals surface area contributed by atoms with Crippen LogP contribution in [0.15, 0.2) is 29.1 Å². The van der Waals surface area contributed by atoms with Crippen LogP contribution in [0.4, 0.5) is 5.69 Å². The molecule has 0 saturated heterocycles. The second kappa shape index (κ2) is 4.81. The molecule has 1 aromatic heterocycles. The van der Waals surface area contributed by atoms with E-state index in [0.29, 0.717) is 22.6 Å². The lowest BCUT2D eigenvalue weighted by Crippen LogP contribution is -2.23. The fourth-order valence-electron chi connectivity index (χ4n) is 2.67. The number of fused-ring (bicyclic) bond motifs is 1. The summed E-state index contributed by atoms with van der Waals surface area (Å²) >= 11 is 5.82. The Balaban J connectivity index is 1.99. The van der Waals surface area contributed by atoms with Crippen LogP contribution >= 0.6 is 11.6 Å². The highest BCUT2D eigenvalue weighted by atomic mass is 35.5. The minimum Gasteiger partial charge on any atom is -0.508 e. The standard InChI is InChI=1S/C16H17ClN2O2/c1-16(2)8-18-12-6-10(15(21)19-14(12)16)5-9-3-4-11(17)7-13(9)20/h3-4,6-7,18,20H,5,8H2,1-2H3,(H,19,21). The van der Waals surface area contributed by atoms with Crippen LogP contribution < -0.4 is 10.9 Å². The van der Waals surface area contributed by atoms with Gasteiger partial charge in [-0.1, -0.05) is 31.5 Å². The summed E-state index contributed by atoms with van der Waals surface area (Å²) in [7, 11) is 0. The third-order valence-electron chi connectivity index (χ3n) is 3.94. The molecule has 1 aromatic carbocycles. The first-order valence-electron chi connectivity index (χ1n) is 6.85. The van der Waals surface area contributed by atoms with Gasteiger partial charge in [0.1, 0.15) is 5.75 Å². The first kappa shape index (κ1) is 14.0. The third kappa shape index (κ3) is 2.51. The largest absolute Gasteiger partial charge is 0.508 e. The average molecular weight is 305 g/mol. The number of anilines is 1. The van der Waals surface area contributed by atoms with Crippen LogP contribution in [-0.2, 0) is 11.8 Å². The molecule has 1 aliphatic heterocycles. The highest BCUT2D eigenvalue weighted by molar-refractivity contribution is 6.30. The molecular formula is C16H17ClN2O2. The smallest absolute Gasteiger partial charge is 0.251 e. The van der Waals surface area contributed by atoms with Gasteiger partial charge in [-0.15, -0.1) is 0 Å². The molecule has 0 radical (unpaired) electrons. The molecule has 3 N–H and O–H groups in total. The maximum absolute atomic E-state index is 12.3. The zero-order valence-corrected chi connectivity index (χ0v) is 12.7. The van der Waals surface area contributed by atoms with Crippen LogP contribution in [0.3, 0.4) is 0 Å². The van der Waals surface area contributed by atoms with Crippen molar-refractivity contribution < 1.29 is 5.11 Å². The number of rotatable bonds is 2. The zero-order chi connectivity index (χ0) is 15.2. The van der Waals surface area contributed by atoms with Gasteiger partial charge in [-0.2, -0.15) is 0 Å². The van der Waals surface area contributed by atoms with Crippen molar-refractivity contribution in [1.82, 2.24) is 4.98 Å². The summed E-state index contributed by atoms with van der Waals surface area (Å²) in [5.74, 6) is 0.107. The first-order valence-corrected chi connectivity index (χ1v) is 7.22. The number of pyridine rings is 1. The first-order chi connectivity index (χ1) is 9.87. The number of aromatic nitrogens is 1. The van der Waals surface area contributed by atoms with Crippen molar-refractivity contribution >= 4 is 17.3 Å². The molecule has 3 rings (SSSR count). The van der Waals surface area contributed by atoms with E-state index in [1.54, 1.807) is 12.1 Å². The van der Waals surface area contributed by atoms with Crippen LogP contribution in [-0.4, -0.2) is 16.6 Å². The van der Waals surface area contributed by atoms with E-state index in [9.17, 15) is 9.90 Å². The predicted molar refractivity (Wildman–Crippen MR) is 84.5 cm³/mol. The molecule has 0 amide bonds. The summed E-state index contributed by atoms with van der Waals surface area (Å²) in [6.07, 6.45) is 0.369. The number of benzene rings is 1. The van der Waals surface area contributed by atoms with Crippen LogP contribution in [0.25, 0.3) is 0 Å². The van der Waals surface area contributed by atoms with Crippen molar-refractivity contribution in [2.45, 2.75) is 25.7 Å². The van der Waals surface area contributed by atoms with Gasteiger partial charge < -0.3 is 15.4 Å². The van der Waals surface area contributed by atoms with Crippen LogP contribution in [0.2, 0.25) is 5.02 Å². The molecule has 5 heteroatoms. The molecule has 0 unspecified atom stereocenters. The normalized spacial score (nSPS) is 15.6. The van der Waals surface area contributed by atoms with E-state index in [4.69, 9.17) is 11.6 Å². The van der Waals surface area contributed by atoms with Gasteiger partial charge in [-0.25, -0.2) is 0 Å². The summed E-state index contributed by atoms with van der Waals surface area (Å²) in [6.45, 7) is 4.98. The van der Waals surface area contributed by atoms with Crippen molar-refractivity contribution in [2.24, 2.45) is 0 Å². The monoisotopic (exact) mass is 304 g/mol. The molecule has 2 heterocycles. The summed E-state index contributed by atoms with van der Waals surface area (Å²) in [5, 5.41) is 13.7. The molecule has 0 fully saturated rings. The van der Waals surface area contributed by atoms with E-state index in [1.807, 2.05) is 6.07 Å².